The van der Waals surface area contributed by atoms with E-state index in [4.69, 9.17) is 0 Å². The third-order valence-corrected chi connectivity index (χ3v) is 4.82. The van der Waals surface area contributed by atoms with Crippen molar-refractivity contribution in [2.24, 2.45) is 0 Å². The van der Waals surface area contributed by atoms with Crippen LogP contribution in [-0.4, -0.2) is 26.8 Å². The Kier molecular flexibility index (Phi) is 5.17. The van der Waals surface area contributed by atoms with Crippen molar-refractivity contribution < 1.29 is 14.7 Å². The molecule has 0 spiro atoms. The molecule has 1 atom stereocenters. The van der Waals surface area contributed by atoms with E-state index in [0.29, 0.717) is 11.5 Å². The maximum absolute atomic E-state index is 12.9. The summed E-state index contributed by atoms with van der Waals surface area (Å²) in [4.78, 5) is 24.5. The minimum Gasteiger partial charge on any atom is -0.477 e. The summed E-state index contributed by atoms with van der Waals surface area (Å²) >= 11 is 0. The quantitative estimate of drug-likeness (QED) is 0.599. The van der Waals surface area contributed by atoms with Gasteiger partial charge < -0.3 is 15.7 Å². The summed E-state index contributed by atoms with van der Waals surface area (Å²) in [6.07, 6.45) is 6.74. The number of carbonyl (C=O) groups excluding carboxylic acids is 1. The zero-order chi connectivity index (χ0) is 21.1. The average Bonchev–Trinajstić information content (AvgIpc) is 3.18. The van der Waals surface area contributed by atoms with Gasteiger partial charge in [-0.25, -0.2) is 9.48 Å². The van der Waals surface area contributed by atoms with Crippen LogP contribution >= 0.6 is 0 Å². The number of fused-ring (bicyclic) bond motifs is 1. The molecular formula is C23H20N4O3. The number of allylic oxidation sites excluding steroid dienone is 2. The number of carboxylic acids is 1. The number of nitrogens with zero attached hydrogens (tertiary/aromatic N) is 2. The number of amides is 1. The largest absolute Gasteiger partial charge is 0.477 e. The summed E-state index contributed by atoms with van der Waals surface area (Å²) in [6, 6.07) is 16.7. The van der Waals surface area contributed by atoms with Gasteiger partial charge in [0, 0.05) is 5.69 Å². The van der Waals surface area contributed by atoms with E-state index in [2.05, 4.69) is 15.7 Å². The van der Waals surface area contributed by atoms with Crippen molar-refractivity contribution in [3.05, 3.63) is 95.3 Å². The van der Waals surface area contributed by atoms with Gasteiger partial charge in [-0.2, -0.15) is 5.10 Å². The molecule has 30 heavy (non-hydrogen) atoms. The van der Waals surface area contributed by atoms with Crippen molar-refractivity contribution in [3.63, 3.8) is 0 Å². The average molecular weight is 400 g/mol. The van der Waals surface area contributed by atoms with Gasteiger partial charge in [0.25, 0.3) is 5.91 Å². The maximum atomic E-state index is 12.9. The fourth-order valence-electron chi connectivity index (χ4n) is 3.23. The Morgan fingerprint density at radius 2 is 1.87 bits per heavy atom. The van der Waals surface area contributed by atoms with Gasteiger partial charge >= 0.3 is 5.97 Å². The number of anilines is 2. The molecule has 0 saturated carbocycles. The van der Waals surface area contributed by atoms with E-state index >= 15 is 0 Å². The fourth-order valence-corrected chi connectivity index (χ4v) is 3.23. The lowest BCUT2D eigenvalue weighted by Crippen LogP contribution is -2.24. The predicted molar refractivity (Wildman–Crippen MR) is 115 cm³/mol. The normalized spacial score (nSPS) is 15.2. The second-order valence-corrected chi connectivity index (χ2v) is 6.89. The number of hydrogen-bond acceptors (Lipinski definition) is 4. The highest BCUT2D eigenvalue weighted by molar-refractivity contribution is 6.08. The summed E-state index contributed by atoms with van der Waals surface area (Å²) in [6.45, 7) is 1.90. The van der Waals surface area contributed by atoms with E-state index in [1.165, 1.54) is 6.20 Å². The van der Waals surface area contributed by atoms with Crippen LogP contribution in [-0.2, 0) is 4.79 Å². The summed E-state index contributed by atoms with van der Waals surface area (Å²) in [5.41, 5.74) is 2.86. The Balaban J connectivity index is 1.66. The molecule has 4 rings (SSSR count). The van der Waals surface area contributed by atoms with Crippen molar-refractivity contribution in [3.8, 4) is 0 Å². The van der Waals surface area contributed by atoms with Crippen LogP contribution in [0, 0.1) is 6.92 Å². The van der Waals surface area contributed by atoms with Gasteiger partial charge in [0.1, 0.15) is 17.1 Å². The minimum atomic E-state index is -1.11. The van der Waals surface area contributed by atoms with E-state index in [9.17, 15) is 14.7 Å². The number of benzene rings is 2. The molecule has 2 aromatic carbocycles. The van der Waals surface area contributed by atoms with Crippen LogP contribution in [0.3, 0.4) is 0 Å². The van der Waals surface area contributed by atoms with Crippen LogP contribution in [0.25, 0.3) is 6.08 Å². The number of carboxylic acid groups (broad SMARTS) is 1. The Morgan fingerprint density at radius 3 is 2.60 bits per heavy atom. The molecular weight excluding hydrogens is 380 g/mol. The Hall–Kier alpha value is -4.13. The Morgan fingerprint density at radius 1 is 1.13 bits per heavy atom. The molecule has 0 unspecified atom stereocenters. The van der Waals surface area contributed by atoms with Gasteiger partial charge in [-0.05, 0) is 30.2 Å². The third-order valence-electron chi connectivity index (χ3n) is 4.82. The van der Waals surface area contributed by atoms with Crippen LogP contribution in [0.15, 0.2) is 78.6 Å². The van der Waals surface area contributed by atoms with E-state index in [-0.39, 0.29) is 17.2 Å². The van der Waals surface area contributed by atoms with Crippen LogP contribution < -0.4 is 10.6 Å². The Labute approximate surface area is 173 Å². The molecule has 7 nitrogen and oxygen atoms in total. The highest BCUT2D eigenvalue weighted by atomic mass is 16.4. The molecule has 1 aliphatic rings. The lowest BCUT2D eigenvalue weighted by molar-refractivity contribution is -0.132. The molecule has 1 aromatic heterocycles. The monoisotopic (exact) mass is 400 g/mol. The maximum Gasteiger partial charge on any atom is 0.352 e. The molecule has 1 aliphatic heterocycles. The van der Waals surface area contributed by atoms with E-state index in [1.807, 2.05) is 73.7 Å². The zero-order valence-electron chi connectivity index (χ0n) is 16.2. The first-order valence-electron chi connectivity index (χ1n) is 9.43. The van der Waals surface area contributed by atoms with E-state index in [0.717, 1.165) is 11.1 Å². The van der Waals surface area contributed by atoms with Crippen LogP contribution in [0.1, 0.15) is 27.5 Å². The van der Waals surface area contributed by atoms with Crippen LogP contribution in [0.4, 0.5) is 11.5 Å². The van der Waals surface area contributed by atoms with Gasteiger partial charge in [0.15, 0.2) is 0 Å². The highest BCUT2D eigenvalue weighted by Gasteiger charge is 2.27. The molecule has 0 bridgehead atoms. The standard InChI is InChI=1S/C23H20N4O3/c1-15-7-5-6-10-19(15)26-22(28)18-14-24-27-17(12-11-16-8-3-2-4-9-16)13-20(23(29)30)25-21(18)27/h2-14,17,25H,1H3,(H,26,28)(H,29,30)/b12-11+/t17-/m0/s1. The molecule has 0 radical (unpaired) electrons. The highest BCUT2D eigenvalue weighted by Crippen LogP contribution is 2.30. The number of aryl methyl sites for hydroxylation is 1. The van der Waals surface area contributed by atoms with Crippen molar-refractivity contribution in [2.75, 3.05) is 10.6 Å². The predicted octanol–water partition coefficient (Wildman–Crippen LogP) is 4.09. The van der Waals surface area contributed by atoms with Gasteiger partial charge in [-0.15, -0.1) is 0 Å². The van der Waals surface area contributed by atoms with Crippen molar-refractivity contribution in [2.45, 2.75) is 13.0 Å². The SMILES string of the molecule is Cc1ccccc1NC(=O)c1cnn2c1NC(C(=O)O)=C[C@@H]2/C=C/c1ccccc1. The summed E-state index contributed by atoms with van der Waals surface area (Å²) in [7, 11) is 0. The number of aromatic nitrogens is 2. The summed E-state index contributed by atoms with van der Waals surface area (Å²) in [5, 5.41) is 19.5. The molecule has 2 heterocycles. The molecule has 0 aliphatic carbocycles. The Bertz CT molecular complexity index is 1160. The van der Waals surface area contributed by atoms with Crippen molar-refractivity contribution in [1.82, 2.24) is 9.78 Å². The number of nitrogens with one attached hydrogen (secondary N) is 2. The number of para-hydroxylation sites is 1. The van der Waals surface area contributed by atoms with E-state index < -0.39 is 12.0 Å². The number of hydrogen-bond donors (Lipinski definition) is 3. The molecule has 1 amide bonds. The molecule has 0 fully saturated rings. The lowest BCUT2D eigenvalue weighted by Gasteiger charge is -2.22. The van der Waals surface area contributed by atoms with Crippen molar-refractivity contribution in [1.29, 1.82) is 0 Å². The first kappa shape index (κ1) is 19.2. The van der Waals surface area contributed by atoms with Gasteiger partial charge in [-0.3, -0.25) is 4.79 Å². The number of carbonyl (C=O) groups is 2. The first-order chi connectivity index (χ1) is 14.5. The van der Waals surface area contributed by atoms with Crippen LogP contribution in [0.5, 0.6) is 0 Å². The molecule has 3 N–H and O–H groups in total. The second-order valence-electron chi connectivity index (χ2n) is 6.89. The molecule has 3 aromatic rings. The minimum absolute atomic E-state index is 0.00402. The van der Waals surface area contributed by atoms with Crippen LogP contribution in [0.2, 0.25) is 0 Å². The second kappa shape index (κ2) is 8.08. The van der Waals surface area contributed by atoms with Gasteiger partial charge in [0.05, 0.1) is 12.2 Å². The number of aliphatic carboxylic acids is 1. The number of rotatable bonds is 5. The zero-order valence-corrected chi connectivity index (χ0v) is 16.2. The van der Waals surface area contributed by atoms with E-state index in [1.54, 1.807) is 10.8 Å². The molecule has 150 valence electrons. The van der Waals surface area contributed by atoms with Gasteiger partial charge in [-0.1, -0.05) is 60.7 Å². The molecule has 0 saturated heterocycles. The van der Waals surface area contributed by atoms with Gasteiger partial charge in [0.2, 0.25) is 0 Å². The first-order valence-corrected chi connectivity index (χ1v) is 9.43. The topological polar surface area (TPSA) is 96.3 Å². The molecule has 7 heteroatoms. The fraction of sp³-hybridized carbons (Fsp3) is 0.0870. The lowest BCUT2D eigenvalue weighted by atomic mass is 10.1. The summed E-state index contributed by atoms with van der Waals surface area (Å²) < 4.78 is 1.60. The summed E-state index contributed by atoms with van der Waals surface area (Å²) in [5.74, 6) is -1.13. The van der Waals surface area contributed by atoms with Crippen molar-refractivity contribution >= 4 is 29.5 Å². The third kappa shape index (κ3) is 3.86. The smallest absolute Gasteiger partial charge is 0.352 e.